The quantitative estimate of drug-likeness (QED) is 0.719. The van der Waals surface area contributed by atoms with Crippen molar-refractivity contribution >= 4 is 22.3 Å². The van der Waals surface area contributed by atoms with Gasteiger partial charge in [0.25, 0.3) is 0 Å². The van der Waals surface area contributed by atoms with Crippen molar-refractivity contribution in [2.75, 3.05) is 5.32 Å². The molecule has 0 aliphatic carbocycles. The van der Waals surface area contributed by atoms with Crippen molar-refractivity contribution in [1.29, 1.82) is 0 Å². The van der Waals surface area contributed by atoms with Gasteiger partial charge in [-0.1, -0.05) is 36.4 Å². The number of aromatic nitrogens is 1. The summed E-state index contributed by atoms with van der Waals surface area (Å²) in [6, 6.07) is 14.4. The summed E-state index contributed by atoms with van der Waals surface area (Å²) >= 11 is 0. The van der Waals surface area contributed by atoms with Crippen LogP contribution >= 0.6 is 0 Å². The van der Waals surface area contributed by atoms with Crippen LogP contribution in [0, 0.1) is 20.8 Å². The van der Waals surface area contributed by atoms with E-state index in [4.69, 9.17) is 0 Å². The maximum absolute atomic E-state index is 9.96. The first-order valence-electron chi connectivity index (χ1n) is 6.99. The minimum Gasteiger partial charge on any atom is -0.506 e. The van der Waals surface area contributed by atoms with E-state index in [1.54, 1.807) is 0 Å². The third-order valence-corrected chi connectivity index (χ3v) is 3.94. The standard InChI is InChI=1S/C18H18N2O/c1-11-12(2)18(19-13(3)17(11)21)20-16-10-6-8-14-7-4-5-9-15(14)16/h4-10,21H,1-3H3,(H,19,20). The average molecular weight is 278 g/mol. The highest BCUT2D eigenvalue weighted by molar-refractivity contribution is 5.95. The van der Waals surface area contributed by atoms with Gasteiger partial charge in [0.05, 0.1) is 5.69 Å². The predicted molar refractivity (Wildman–Crippen MR) is 87.3 cm³/mol. The number of rotatable bonds is 2. The normalized spacial score (nSPS) is 10.8. The number of hydrogen-bond donors (Lipinski definition) is 2. The topological polar surface area (TPSA) is 45.2 Å². The van der Waals surface area contributed by atoms with Crippen LogP contribution < -0.4 is 5.32 Å². The molecule has 21 heavy (non-hydrogen) atoms. The van der Waals surface area contributed by atoms with Crippen LogP contribution in [0.5, 0.6) is 5.75 Å². The van der Waals surface area contributed by atoms with Crippen molar-refractivity contribution in [3.05, 3.63) is 59.3 Å². The largest absolute Gasteiger partial charge is 0.506 e. The molecular formula is C18H18N2O. The fraction of sp³-hybridized carbons (Fsp3) is 0.167. The molecule has 2 N–H and O–H groups in total. The molecule has 0 radical (unpaired) electrons. The summed E-state index contributed by atoms with van der Waals surface area (Å²) in [5, 5.41) is 15.7. The second kappa shape index (κ2) is 5.09. The number of anilines is 2. The van der Waals surface area contributed by atoms with Crippen LogP contribution in [0.4, 0.5) is 11.5 Å². The molecule has 3 rings (SSSR count). The molecule has 1 heterocycles. The molecule has 0 aliphatic heterocycles. The molecule has 0 bridgehead atoms. The van der Waals surface area contributed by atoms with Crippen molar-refractivity contribution in [2.45, 2.75) is 20.8 Å². The van der Waals surface area contributed by atoms with Gasteiger partial charge in [-0.05, 0) is 43.4 Å². The van der Waals surface area contributed by atoms with E-state index in [2.05, 4.69) is 28.5 Å². The van der Waals surface area contributed by atoms with Crippen molar-refractivity contribution in [3.63, 3.8) is 0 Å². The summed E-state index contributed by atoms with van der Waals surface area (Å²) in [6.07, 6.45) is 0. The minimum absolute atomic E-state index is 0.274. The molecule has 2 aromatic carbocycles. The van der Waals surface area contributed by atoms with E-state index in [-0.39, 0.29) is 5.75 Å². The number of aryl methyl sites for hydroxylation is 1. The third kappa shape index (κ3) is 2.31. The van der Waals surface area contributed by atoms with Gasteiger partial charge < -0.3 is 10.4 Å². The lowest BCUT2D eigenvalue weighted by Crippen LogP contribution is -2.01. The predicted octanol–water partition coefficient (Wildman–Crippen LogP) is 4.61. The Balaban J connectivity index is 2.11. The lowest BCUT2D eigenvalue weighted by molar-refractivity contribution is 0.463. The van der Waals surface area contributed by atoms with Gasteiger partial charge >= 0.3 is 0 Å². The van der Waals surface area contributed by atoms with Gasteiger partial charge in [-0.25, -0.2) is 4.98 Å². The molecule has 0 aliphatic rings. The van der Waals surface area contributed by atoms with Gasteiger partial charge in [0, 0.05) is 11.1 Å². The van der Waals surface area contributed by atoms with Gasteiger partial charge in [-0.3, -0.25) is 0 Å². The molecule has 3 aromatic rings. The Bertz CT molecular complexity index is 820. The molecule has 3 nitrogen and oxygen atoms in total. The van der Waals surface area contributed by atoms with Crippen molar-refractivity contribution in [1.82, 2.24) is 4.98 Å². The van der Waals surface area contributed by atoms with E-state index in [1.165, 1.54) is 5.39 Å². The highest BCUT2D eigenvalue weighted by atomic mass is 16.3. The average Bonchev–Trinajstić information content (AvgIpc) is 2.51. The first kappa shape index (κ1) is 13.4. The number of benzene rings is 2. The molecule has 0 atom stereocenters. The molecular weight excluding hydrogens is 260 g/mol. The van der Waals surface area contributed by atoms with E-state index in [9.17, 15) is 5.11 Å². The van der Waals surface area contributed by atoms with Crippen molar-refractivity contribution in [3.8, 4) is 5.75 Å². The summed E-state index contributed by atoms with van der Waals surface area (Å²) in [5.74, 6) is 1.06. The fourth-order valence-corrected chi connectivity index (χ4v) is 2.51. The SMILES string of the molecule is Cc1nc(Nc2cccc3ccccc23)c(C)c(C)c1O. The van der Waals surface area contributed by atoms with E-state index >= 15 is 0 Å². The highest BCUT2D eigenvalue weighted by Crippen LogP contribution is 2.31. The molecule has 0 amide bonds. The Kier molecular flexibility index (Phi) is 3.26. The summed E-state index contributed by atoms with van der Waals surface area (Å²) < 4.78 is 0. The number of pyridine rings is 1. The van der Waals surface area contributed by atoms with Crippen LogP contribution in [-0.4, -0.2) is 10.1 Å². The molecule has 106 valence electrons. The second-order valence-corrected chi connectivity index (χ2v) is 5.30. The minimum atomic E-state index is 0.274. The van der Waals surface area contributed by atoms with Crippen LogP contribution in [0.25, 0.3) is 10.8 Å². The smallest absolute Gasteiger partial charge is 0.140 e. The molecule has 0 saturated heterocycles. The van der Waals surface area contributed by atoms with Gasteiger partial charge in [0.1, 0.15) is 11.6 Å². The van der Waals surface area contributed by atoms with Crippen molar-refractivity contribution in [2.24, 2.45) is 0 Å². The van der Waals surface area contributed by atoms with E-state index in [0.29, 0.717) is 5.69 Å². The first-order valence-corrected chi connectivity index (χ1v) is 6.99. The van der Waals surface area contributed by atoms with Crippen molar-refractivity contribution < 1.29 is 5.11 Å². The Morgan fingerprint density at radius 2 is 1.62 bits per heavy atom. The van der Waals surface area contributed by atoms with Gasteiger partial charge in [-0.15, -0.1) is 0 Å². The molecule has 1 aromatic heterocycles. The number of hydrogen-bond acceptors (Lipinski definition) is 3. The lowest BCUT2D eigenvalue weighted by atomic mass is 10.1. The maximum atomic E-state index is 9.96. The Morgan fingerprint density at radius 3 is 2.43 bits per heavy atom. The monoisotopic (exact) mass is 278 g/mol. The summed E-state index contributed by atoms with van der Waals surface area (Å²) in [7, 11) is 0. The number of nitrogens with zero attached hydrogens (tertiary/aromatic N) is 1. The zero-order chi connectivity index (χ0) is 15.0. The molecule has 3 heteroatoms. The second-order valence-electron chi connectivity index (χ2n) is 5.30. The highest BCUT2D eigenvalue weighted by Gasteiger charge is 2.11. The number of nitrogens with one attached hydrogen (secondary N) is 1. The van der Waals surface area contributed by atoms with Crippen LogP contribution in [-0.2, 0) is 0 Å². The molecule has 0 unspecified atom stereocenters. The third-order valence-electron chi connectivity index (χ3n) is 3.94. The van der Waals surface area contributed by atoms with Crippen LogP contribution in [0.3, 0.4) is 0 Å². The van der Waals surface area contributed by atoms with Crippen LogP contribution in [0.2, 0.25) is 0 Å². The summed E-state index contributed by atoms with van der Waals surface area (Å²) in [6.45, 7) is 5.69. The Labute approximate surface area is 124 Å². The zero-order valence-electron chi connectivity index (χ0n) is 12.4. The fourth-order valence-electron chi connectivity index (χ4n) is 2.51. The zero-order valence-corrected chi connectivity index (χ0v) is 12.4. The number of aromatic hydroxyl groups is 1. The summed E-state index contributed by atoms with van der Waals surface area (Å²) in [5.41, 5.74) is 3.49. The Hall–Kier alpha value is -2.55. The first-order chi connectivity index (χ1) is 10.1. The Morgan fingerprint density at radius 1 is 0.905 bits per heavy atom. The van der Waals surface area contributed by atoms with Crippen LogP contribution in [0.1, 0.15) is 16.8 Å². The van der Waals surface area contributed by atoms with E-state index in [0.717, 1.165) is 28.0 Å². The molecule has 0 saturated carbocycles. The van der Waals surface area contributed by atoms with Gasteiger partial charge in [0.15, 0.2) is 0 Å². The number of fused-ring (bicyclic) bond motifs is 1. The van der Waals surface area contributed by atoms with Crippen LogP contribution in [0.15, 0.2) is 42.5 Å². The molecule has 0 fully saturated rings. The van der Waals surface area contributed by atoms with Gasteiger partial charge in [-0.2, -0.15) is 0 Å². The van der Waals surface area contributed by atoms with Gasteiger partial charge in [0.2, 0.25) is 0 Å². The molecule has 0 spiro atoms. The maximum Gasteiger partial charge on any atom is 0.140 e. The summed E-state index contributed by atoms with van der Waals surface area (Å²) in [4.78, 5) is 4.47. The van der Waals surface area contributed by atoms with E-state index < -0.39 is 0 Å². The van der Waals surface area contributed by atoms with E-state index in [1.807, 2.05) is 45.0 Å². The lowest BCUT2D eigenvalue weighted by Gasteiger charge is -2.15.